The van der Waals surface area contributed by atoms with E-state index in [9.17, 15) is 0 Å². The molecule has 0 aliphatic carbocycles. The minimum Gasteiger partial charge on any atom is -0.492 e. The molecule has 1 fully saturated rings. The van der Waals surface area contributed by atoms with E-state index < -0.39 is 0 Å². The predicted molar refractivity (Wildman–Crippen MR) is 83.1 cm³/mol. The van der Waals surface area contributed by atoms with Crippen LogP contribution in [0.4, 0.5) is 0 Å². The number of benzene rings is 1. The Morgan fingerprint density at radius 2 is 2.30 bits per heavy atom. The van der Waals surface area contributed by atoms with E-state index in [0.717, 1.165) is 24.5 Å². The highest BCUT2D eigenvalue weighted by atomic mass is 16.5. The standard InChI is InChI=1S/C17H25NO2/c1-3-7-15-8-4-5-9-17(15)20-13-11-18-14(2)16-10-6-12-19-16/h3-5,7-9,14,16,18H,6,10-13H2,1-2H3. The number of rotatable bonds is 7. The third-order valence-electron chi connectivity index (χ3n) is 3.61. The molecule has 1 aromatic carbocycles. The summed E-state index contributed by atoms with van der Waals surface area (Å²) in [4.78, 5) is 0. The third kappa shape index (κ3) is 4.36. The van der Waals surface area contributed by atoms with Gasteiger partial charge in [-0.25, -0.2) is 0 Å². The molecule has 1 N–H and O–H groups in total. The van der Waals surface area contributed by atoms with Crippen LogP contribution in [-0.4, -0.2) is 31.9 Å². The van der Waals surface area contributed by atoms with E-state index in [1.165, 1.54) is 12.8 Å². The SMILES string of the molecule is CC=Cc1ccccc1OCCNC(C)C1CCCO1. The van der Waals surface area contributed by atoms with Crippen molar-refractivity contribution in [3.05, 3.63) is 35.9 Å². The van der Waals surface area contributed by atoms with Gasteiger partial charge >= 0.3 is 0 Å². The topological polar surface area (TPSA) is 30.5 Å². The van der Waals surface area contributed by atoms with Gasteiger partial charge in [-0.05, 0) is 32.8 Å². The Hall–Kier alpha value is -1.32. The Balaban J connectivity index is 1.73. The normalized spacial score (nSPS) is 20.4. The molecule has 0 amide bonds. The summed E-state index contributed by atoms with van der Waals surface area (Å²) in [6.45, 7) is 6.62. The Morgan fingerprint density at radius 3 is 3.05 bits per heavy atom. The van der Waals surface area contributed by atoms with Gasteiger partial charge in [0.05, 0.1) is 6.10 Å². The summed E-state index contributed by atoms with van der Waals surface area (Å²) in [5.74, 6) is 0.942. The molecule has 0 saturated carbocycles. The Kier molecular flexibility index (Phi) is 6.09. The van der Waals surface area contributed by atoms with Gasteiger partial charge in [0.2, 0.25) is 0 Å². The second-order valence-corrected chi connectivity index (χ2v) is 5.18. The van der Waals surface area contributed by atoms with Crippen LogP contribution in [0.5, 0.6) is 5.75 Å². The molecule has 2 rings (SSSR count). The van der Waals surface area contributed by atoms with Gasteiger partial charge in [0.15, 0.2) is 0 Å². The second kappa shape index (κ2) is 8.08. The zero-order valence-electron chi connectivity index (χ0n) is 12.5. The fraction of sp³-hybridized carbons (Fsp3) is 0.529. The highest BCUT2D eigenvalue weighted by Gasteiger charge is 2.21. The van der Waals surface area contributed by atoms with Gasteiger partial charge in [0, 0.05) is 24.8 Å². The monoisotopic (exact) mass is 275 g/mol. The van der Waals surface area contributed by atoms with E-state index in [2.05, 4.69) is 24.4 Å². The van der Waals surface area contributed by atoms with Gasteiger partial charge in [0.1, 0.15) is 12.4 Å². The molecule has 0 aromatic heterocycles. The van der Waals surface area contributed by atoms with Crippen LogP contribution in [0.2, 0.25) is 0 Å². The van der Waals surface area contributed by atoms with Crippen LogP contribution in [0.1, 0.15) is 32.3 Å². The summed E-state index contributed by atoms with van der Waals surface area (Å²) in [6, 6.07) is 8.51. The Bertz CT molecular complexity index is 425. The van der Waals surface area contributed by atoms with Crippen LogP contribution in [0, 0.1) is 0 Å². The van der Waals surface area contributed by atoms with Crippen molar-refractivity contribution >= 4 is 6.08 Å². The maximum Gasteiger partial charge on any atom is 0.126 e. The fourth-order valence-corrected chi connectivity index (χ4v) is 2.51. The van der Waals surface area contributed by atoms with Gasteiger partial charge in [-0.1, -0.05) is 30.4 Å². The number of hydrogen-bond donors (Lipinski definition) is 1. The Morgan fingerprint density at radius 1 is 1.45 bits per heavy atom. The Labute approximate surface area is 122 Å². The lowest BCUT2D eigenvalue weighted by molar-refractivity contribution is 0.0824. The van der Waals surface area contributed by atoms with Crippen molar-refractivity contribution in [3.63, 3.8) is 0 Å². The minimum absolute atomic E-state index is 0.366. The molecule has 1 aliphatic rings. The average molecular weight is 275 g/mol. The van der Waals surface area contributed by atoms with E-state index in [4.69, 9.17) is 9.47 Å². The van der Waals surface area contributed by atoms with Crippen molar-refractivity contribution in [1.29, 1.82) is 0 Å². The zero-order valence-corrected chi connectivity index (χ0v) is 12.5. The molecule has 20 heavy (non-hydrogen) atoms. The lowest BCUT2D eigenvalue weighted by Gasteiger charge is -2.20. The maximum absolute atomic E-state index is 5.85. The van der Waals surface area contributed by atoms with Gasteiger partial charge in [-0.2, -0.15) is 0 Å². The molecule has 1 saturated heterocycles. The number of nitrogens with one attached hydrogen (secondary N) is 1. The average Bonchev–Trinajstić information content (AvgIpc) is 2.99. The molecular formula is C17H25NO2. The van der Waals surface area contributed by atoms with Crippen LogP contribution >= 0.6 is 0 Å². The summed E-state index contributed by atoms with van der Waals surface area (Å²) in [6.07, 6.45) is 6.81. The number of para-hydroxylation sites is 1. The molecule has 0 radical (unpaired) electrons. The minimum atomic E-state index is 0.366. The van der Waals surface area contributed by atoms with Crippen LogP contribution in [0.3, 0.4) is 0 Å². The van der Waals surface area contributed by atoms with E-state index in [1.54, 1.807) is 0 Å². The summed E-state index contributed by atoms with van der Waals surface area (Å²) in [7, 11) is 0. The van der Waals surface area contributed by atoms with Crippen LogP contribution in [-0.2, 0) is 4.74 Å². The quantitative estimate of drug-likeness (QED) is 0.775. The molecule has 1 aromatic rings. The largest absolute Gasteiger partial charge is 0.492 e. The summed E-state index contributed by atoms with van der Waals surface area (Å²) in [5.41, 5.74) is 1.13. The molecule has 3 heteroatoms. The van der Waals surface area contributed by atoms with Crippen molar-refractivity contribution in [3.8, 4) is 5.75 Å². The molecule has 2 unspecified atom stereocenters. The number of hydrogen-bond acceptors (Lipinski definition) is 3. The van der Waals surface area contributed by atoms with Gasteiger partial charge < -0.3 is 14.8 Å². The number of ether oxygens (including phenoxy) is 2. The van der Waals surface area contributed by atoms with Crippen LogP contribution in [0.15, 0.2) is 30.3 Å². The lowest BCUT2D eigenvalue weighted by Crippen LogP contribution is -2.39. The first kappa shape index (κ1) is 15.1. The summed E-state index contributed by atoms with van der Waals surface area (Å²) >= 11 is 0. The fourth-order valence-electron chi connectivity index (χ4n) is 2.51. The summed E-state index contributed by atoms with van der Waals surface area (Å²) < 4.78 is 11.5. The van der Waals surface area contributed by atoms with Gasteiger partial charge in [-0.3, -0.25) is 0 Å². The maximum atomic E-state index is 5.85. The molecule has 0 spiro atoms. The first-order valence-corrected chi connectivity index (χ1v) is 7.51. The second-order valence-electron chi connectivity index (χ2n) is 5.18. The third-order valence-corrected chi connectivity index (χ3v) is 3.61. The molecule has 110 valence electrons. The number of allylic oxidation sites excluding steroid dienone is 1. The van der Waals surface area contributed by atoms with Crippen molar-refractivity contribution in [2.24, 2.45) is 0 Å². The first-order valence-electron chi connectivity index (χ1n) is 7.51. The molecule has 1 aliphatic heterocycles. The highest BCUT2D eigenvalue weighted by Crippen LogP contribution is 2.19. The predicted octanol–water partition coefficient (Wildman–Crippen LogP) is 3.26. The van der Waals surface area contributed by atoms with E-state index in [-0.39, 0.29) is 0 Å². The van der Waals surface area contributed by atoms with Crippen LogP contribution < -0.4 is 10.1 Å². The molecule has 1 heterocycles. The van der Waals surface area contributed by atoms with Crippen molar-refractivity contribution < 1.29 is 9.47 Å². The van der Waals surface area contributed by atoms with E-state index in [1.807, 2.05) is 31.2 Å². The van der Waals surface area contributed by atoms with E-state index in [0.29, 0.717) is 18.8 Å². The molecule has 0 bridgehead atoms. The highest BCUT2D eigenvalue weighted by molar-refractivity contribution is 5.56. The van der Waals surface area contributed by atoms with Crippen molar-refractivity contribution in [2.75, 3.05) is 19.8 Å². The van der Waals surface area contributed by atoms with Crippen molar-refractivity contribution in [2.45, 2.75) is 38.8 Å². The molecule has 3 nitrogen and oxygen atoms in total. The van der Waals surface area contributed by atoms with Gasteiger partial charge in [0.25, 0.3) is 0 Å². The van der Waals surface area contributed by atoms with Gasteiger partial charge in [-0.15, -0.1) is 0 Å². The van der Waals surface area contributed by atoms with Crippen molar-refractivity contribution in [1.82, 2.24) is 5.32 Å². The van der Waals surface area contributed by atoms with Crippen LogP contribution in [0.25, 0.3) is 6.08 Å². The zero-order chi connectivity index (χ0) is 14.2. The summed E-state index contributed by atoms with van der Waals surface area (Å²) in [5, 5.41) is 3.48. The van der Waals surface area contributed by atoms with E-state index >= 15 is 0 Å². The molecular weight excluding hydrogens is 250 g/mol. The molecule has 2 atom stereocenters. The smallest absolute Gasteiger partial charge is 0.126 e. The first-order chi connectivity index (χ1) is 9.81. The lowest BCUT2D eigenvalue weighted by atomic mass is 10.1.